The number of aryl methyl sites for hydroxylation is 2. The van der Waals surface area contributed by atoms with Gasteiger partial charge in [-0.15, -0.1) is 0 Å². The van der Waals surface area contributed by atoms with Gasteiger partial charge in [0.25, 0.3) is 5.56 Å². The number of rotatable bonds is 6. The van der Waals surface area contributed by atoms with Gasteiger partial charge in [-0.25, -0.2) is 9.78 Å². The molecule has 0 unspecified atom stereocenters. The number of ether oxygens (including phenoxy) is 2. The number of nitrogens with zero attached hydrogens (tertiary/aromatic N) is 2. The molecule has 0 fully saturated rings. The number of carbonyl (C=O) groups excluding carboxylic acids is 1. The van der Waals surface area contributed by atoms with E-state index in [1.54, 1.807) is 13.8 Å². The van der Waals surface area contributed by atoms with Crippen LogP contribution in [0.3, 0.4) is 0 Å². The molecule has 0 spiro atoms. The highest BCUT2D eigenvalue weighted by Gasteiger charge is 2.23. The summed E-state index contributed by atoms with van der Waals surface area (Å²) in [6, 6.07) is 7.65. The van der Waals surface area contributed by atoms with Crippen molar-refractivity contribution in [2.75, 3.05) is 13.2 Å². The van der Waals surface area contributed by atoms with Gasteiger partial charge in [-0.1, -0.05) is 17.7 Å². The molecule has 7 heteroatoms. The lowest BCUT2D eigenvalue weighted by Gasteiger charge is -2.08. The molecule has 2 heterocycles. The number of hydrogen-bond donors (Lipinski definition) is 0. The molecule has 7 nitrogen and oxygen atoms in total. The number of carbonyl (C=O) groups is 1. The van der Waals surface area contributed by atoms with Gasteiger partial charge in [0.2, 0.25) is 5.71 Å². The molecular formula is C19H20N2O5. The van der Waals surface area contributed by atoms with Crippen LogP contribution in [0.25, 0.3) is 11.1 Å². The summed E-state index contributed by atoms with van der Waals surface area (Å²) in [5.41, 5.74) is 1.05. The van der Waals surface area contributed by atoms with Crippen molar-refractivity contribution in [2.24, 2.45) is 0 Å². The van der Waals surface area contributed by atoms with Crippen LogP contribution < -0.4 is 10.3 Å². The zero-order valence-corrected chi connectivity index (χ0v) is 14.9. The molecule has 0 N–H and O–H groups in total. The van der Waals surface area contributed by atoms with Gasteiger partial charge in [0.1, 0.15) is 35.4 Å². The van der Waals surface area contributed by atoms with Crippen LogP contribution in [-0.4, -0.2) is 28.7 Å². The third-order valence-electron chi connectivity index (χ3n) is 3.96. The monoisotopic (exact) mass is 356 g/mol. The van der Waals surface area contributed by atoms with E-state index in [1.165, 1.54) is 10.9 Å². The minimum Gasteiger partial charge on any atom is -0.492 e. The van der Waals surface area contributed by atoms with E-state index in [1.807, 2.05) is 31.2 Å². The molecule has 0 aliphatic rings. The molecule has 3 rings (SSSR count). The van der Waals surface area contributed by atoms with E-state index in [0.717, 1.165) is 11.3 Å². The average molecular weight is 356 g/mol. The first-order valence-corrected chi connectivity index (χ1v) is 8.36. The number of fused-ring (bicyclic) bond motifs is 1. The van der Waals surface area contributed by atoms with Crippen molar-refractivity contribution in [3.05, 3.63) is 57.8 Å². The van der Waals surface area contributed by atoms with Crippen molar-refractivity contribution in [1.82, 2.24) is 9.55 Å². The predicted octanol–water partition coefficient (Wildman–Crippen LogP) is 2.86. The standard InChI is InChI=1S/C19H20N2O5/c1-4-24-19(23)15-13(3)26-17-16(15)18(22)21(11-20-17)9-10-25-14-7-5-12(2)6-8-14/h5-8,11H,4,9-10H2,1-3H3. The molecule has 0 radical (unpaired) electrons. The Morgan fingerprint density at radius 3 is 2.65 bits per heavy atom. The van der Waals surface area contributed by atoms with Gasteiger partial charge in [0.15, 0.2) is 0 Å². The Bertz CT molecular complexity index is 986. The van der Waals surface area contributed by atoms with Crippen molar-refractivity contribution >= 4 is 17.1 Å². The highest BCUT2D eigenvalue weighted by molar-refractivity contribution is 6.03. The first-order chi connectivity index (χ1) is 12.5. The SMILES string of the molecule is CCOC(=O)c1c(C)oc2ncn(CCOc3ccc(C)cc3)c(=O)c12. The van der Waals surface area contributed by atoms with Crippen LogP contribution in [-0.2, 0) is 11.3 Å². The van der Waals surface area contributed by atoms with Gasteiger partial charge in [0.05, 0.1) is 13.2 Å². The minimum absolute atomic E-state index is 0.131. The van der Waals surface area contributed by atoms with E-state index in [4.69, 9.17) is 13.9 Å². The van der Waals surface area contributed by atoms with Crippen LogP contribution in [0.15, 0.2) is 39.8 Å². The van der Waals surface area contributed by atoms with Crippen LogP contribution in [0, 0.1) is 13.8 Å². The van der Waals surface area contributed by atoms with E-state index in [0.29, 0.717) is 18.9 Å². The molecule has 1 aromatic carbocycles. The van der Waals surface area contributed by atoms with E-state index < -0.39 is 5.97 Å². The fourth-order valence-electron chi connectivity index (χ4n) is 2.64. The smallest absolute Gasteiger partial charge is 0.342 e. The van der Waals surface area contributed by atoms with Gasteiger partial charge < -0.3 is 13.9 Å². The maximum absolute atomic E-state index is 12.8. The van der Waals surface area contributed by atoms with Gasteiger partial charge >= 0.3 is 5.97 Å². The van der Waals surface area contributed by atoms with Crippen molar-refractivity contribution in [3.8, 4) is 5.75 Å². The summed E-state index contributed by atoms with van der Waals surface area (Å²) in [7, 11) is 0. The van der Waals surface area contributed by atoms with Crippen molar-refractivity contribution in [1.29, 1.82) is 0 Å². The van der Waals surface area contributed by atoms with Gasteiger partial charge in [0, 0.05) is 0 Å². The summed E-state index contributed by atoms with van der Waals surface area (Å²) in [6.45, 7) is 6.11. The molecule has 136 valence electrons. The van der Waals surface area contributed by atoms with Crippen LogP contribution in [0.5, 0.6) is 5.75 Å². The Kier molecular flexibility index (Phi) is 5.06. The predicted molar refractivity (Wildman–Crippen MR) is 95.6 cm³/mol. The third kappa shape index (κ3) is 3.46. The molecule has 0 aliphatic heterocycles. The molecule has 26 heavy (non-hydrogen) atoms. The fraction of sp³-hybridized carbons (Fsp3) is 0.316. The highest BCUT2D eigenvalue weighted by Crippen LogP contribution is 2.21. The molecule has 0 aliphatic carbocycles. The molecule has 0 bridgehead atoms. The Hall–Kier alpha value is -3.09. The molecule has 3 aromatic rings. The van der Waals surface area contributed by atoms with E-state index >= 15 is 0 Å². The van der Waals surface area contributed by atoms with Crippen LogP contribution in [0.2, 0.25) is 0 Å². The lowest BCUT2D eigenvalue weighted by molar-refractivity contribution is 0.0526. The molecule has 0 saturated carbocycles. The Morgan fingerprint density at radius 1 is 1.23 bits per heavy atom. The zero-order valence-electron chi connectivity index (χ0n) is 14.9. The van der Waals surface area contributed by atoms with Gasteiger partial charge in [-0.2, -0.15) is 0 Å². The summed E-state index contributed by atoms with van der Waals surface area (Å²) < 4.78 is 17.5. The van der Waals surface area contributed by atoms with Gasteiger partial charge in [-0.05, 0) is 32.9 Å². The normalized spacial score (nSPS) is 10.9. The second-order valence-corrected chi connectivity index (χ2v) is 5.84. The second-order valence-electron chi connectivity index (χ2n) is 5.84. The number of aromatic nitrogens is 2. The summed E-state index contributed by atoms with van der Waals surface area (Å²) in [5.74, 6) is 0.456. The fourth-order valence-corrected chi connectivity index (χ4v) is 2.64. The maximum Gasteiger partial charge on any atom is 0.342 e. The summed E-state index contributed by atoms with van der Waals surface area (Å²) in [6.07, 6.45) is 1.39. The summed E-state index contributed by atoms with van der Waals surface area (Å²) in [4.78, 5) is 29.0. The van der Waals surface area contributed by atoms with Gasteiger partial charge in [-0.3, -0.25) is 9.36 Å². The second kappa shape index (κ2) is 7.43. The molecular weight excluding hydrogens is 336 g/mol. The largest absolute Gasteiger partial charge is 0.492 e. The third-order valence-corrected chi connectivity index (χ3v) is 3.96. The van der Waals surface area contributed by atoms with Crippen molar-refractivity contribution in [2.45, 2.75) is 27.3 Å². The van der Waals surface area contributed by atoms with E-state index in [2.05, 4.69) is 4.98 Å². The van der Waals surface area contributed by atoms with Crippen LogP contribution >= 0.6 is 0 Å². The zero-order chi connectivity index (χ0) is 18.7. The van der Waals surface area contributed by atoms with Crippen LogP contribution in [0.1, 0.15) is 28.6 Å². The van der Waals surface area contributed by atoms with Crippen molar-refractivity contribution < 1.29 is 18.7 Å². The Morgan fingerprint density at radius 2 is 1.96 bits per heavy atom. The Balaban J connectivity index is 1.84. The first-order valence-electron chi connectivity index (χ1n) is 8.36. The van der Waals surface area contributed by atoms with E-state index in [9.17, 15) is 9.59 Å². The number of hydrogen-bond acceptors (Lipinski definition) is 6. The van der Waals surface area contributed by atoms with Crippen LogP contribution in [0.4, 0.5) is 0 Å². The average Bonchev–Trinajstić information content (AvgIpc) is 2.96. The number of benzene rings is 1. The molecule has 0 saturated heterocycles. The summed E-state index contributed by atoms with van der Waals surface area (Å²) in [5, 5.41) is 0.138. The lowest BCUT2D eigenvalue weighted by Crippen LogP contribution is -2.24. The maximum atomic E-state index is 12.8. The quantitative estimate of drug-likeness (QED) is 0.632. The van der Waals surface area contributed by atoms with E-state index in [-0.39, 0.29) is 28.8 Å². The lowest BCUT2D eigenvalue weighted by atomic mass is 10.2. The number of furan rings is 1. The topological polar surface area (TPSA) is 83.6 Å². The highest BCUT2D eigenvalue weighted by atomic mass is 16.5. The molecule has 0 amide bonds. The molecule has 2 aromatic heterocycles. The summed E-state index contributed by atoms with van der Waals surface area (Å²) >= 11 is 0. The Labute approximate surface area is 150 Å². The number of esters is 1. The molecule has 0 atom stereocenters. The van der Waals surface area contributed by atoms with Crippen molar-refractivity contribution in [3.63, 3.8) is 0 Å². The minimum atomic E-state index is -0.587. The first kappa shape index (κ1) is 17.7.